The van der Waals surface area contributed by atoms with Gasteiger partial charge in [0.15, 0.2) is 0 Å². The van der Waals surface area contributed by atoms with Crippen LogP contribution in [0, 0.1) is 0 Å². The second-order valence-electron chi connectivity index (χ2n) is 4.88. The SMILES string of the molecule is CC(=O)Nc1ccc(C(Cc2ccccc2)C(=O)O)cc1. The quantitative estimate of drug-likeness (QED) is 0.886. The van der Waals surface area contributed by atoms with Gasteiger partial charge >= 0.3 is 5.97 Å². The molecule has 4 heteroatoms. The number of carbonyl (C=O) groups is 2. The molecule has 0 fully saturated rings. The van der Waals surface area contributed by atoms with Crippen molar-refractivity contribution in [2.75, 3.05) is 5.32 Å². The molecular formula is C17H17NO3. The van der Waals surface area contributed by atoms with Crippen LogP contribution in [0.4, 0.5) is 5.69 Å². The first kappa shape index (κ1) is 14.8. The summed E-state index contributed by atoms with van der Waals surface area (Å²) < 4.78 is 0. The van der Waals surface area contributed by atoms with Crippen LogP contribution in [0.1, 0.15) is 24.0 Å². The maximum absolute atomic E-state index is 11.5. The average molecular weight is 283 g/mol. The van der Waals surface area contributed by atoms with Gasteiger partial charge in [0.25, 0.3) is 0 Å². The fourth-order valence-corrected chi connectivity index (χ4v) is 2.20. The Morgan fingerprint density at radius 1 is 1.05 bits per heavy atom. The molecule has 1 amide bonds. The van der Waals surface area contributed by atoms with E-state index >= 15 is 0 Å². The molecule has 0 saturated heterocycles. The smallest absolute Gasteiger partial charge is 0.311 e. The highest BCUT2D eigenvalue weighted by atomic mass is 16.4. The molecule has 2 N–H and O–H groups in total. The minimum atomic E-state index is -0.855. The monoisotopic (exact) mass is 283 g/mol. The summed E-state index contributed by atoms with van der Waals surface area (Å²) in [6, 6.07) is 16.5. The highest BCUT2D eigenvalue weighted by Crippen LogP contribution is 2.23. The van der Waals surface area contributed by atoms with Crippen molar-refractivity contribution in [3.8, 4) is 0 Å². The molecule has 2 aromatic rings. The van der Waals surface area contributed by atoms with Crippen LogP contribution >= 0.6 is 0 Å². The summed E-state index contributed by atoms with van der Waals surface area (Å²) in [5.41, 5.74) is 2.37. The number of hydrogen-bond donors (Lipinski definition) is 2. The molecule has 2 aromatic carbocycles. The Hall–Kier alpha value is -2.62. The Balaban J connectivity index is 2.18. The lowest BCUT2D eigenvalue weighted by molar-refractivity contribution is -0.138. The van der Waals surface area contributed by atoms with Crippen molar-refractivity contribution in [1.29, 1.82) is 0 Å². The first-order chi connectivity index (χ1) is 10.1. The zero-order valence-corrected chi connectivity index (χ0v) is 11.7. The topological polar surface area (TPSA) is 66.4 Å². The van der Waals surface area contributed by atoms with Gasteiger partial charge in [0.1, 0.15) is 0 Å². The van der Waals surface area contributed by atoms with Gasteiger partial charge in [-0.1, -0.05) is 42.5 Å². The predicted molar refractivity (Wildman–Crippen MR) is 81.3 cm³/mol. The number of nitrogens with one attached hydrogen (secondary N) is 1. The number of aliphatic carboxylic acids is 1. The summed E-state index contributed by atoms with van der Waals surface area (Å²) in [5.74, 6) is -1.60. The summed E-state index contributed by atoms with van der Waals surface area (Å²) in [6.07, 6.45) is 0.440. The molecule has 1 unspecified atom stereocenters. The van der Waals surface area contributed by atoms with E-state index in [9.17, 15) is 14.7 Å². The van der Waals surface area contributed by atoms with E-state index < -0.39 is 11.9 Å². The molecule has 21 heavy (non-hydrogen) atoms. The van der Waals surface area contributed by atoms with E-state index in [0.29, 0.717) is 12.1 Å². The average Bonchev–Trinajstić information content (AvgIpc) is 2.46. The zero-order valence-electron chi connectivity index (χ0n) is 11.7. The number of anilines is 1. The van der Waals surface area contributed by atoms with Gasteiger partial charge in [0.05, 0.1) is 5.92 Å². The third kappa shape index (κ3) is 4.18. The molecule has 1 atom stereocenters. The Morgan fingerprint density at radius 2 is 1.67 bits per heavy atom. The molecule has 0 aliphatic rings. The van der Waals surface area contributed by atoms with Crippen molar-refractivity contribution in [2.45, 2.75) is 19.3 Å². The van der Waals surface area contributed by atoms with Crippen molar-refractivity contribution in [3.63, 3.8) is 0 Å². The van der Waals surface area contributed by atoms with Gasteiger partial charge in [0, 0.05) is 12.6 Å². The zero-order chi connectivity index (χ0) is 15.2. The Bertz CT molecular complexity index is 620. The van der Waals surface area contributed by atoms with E-state index in [0.717, 1.165) is 11.1 Å². The molecule has 0 saturated carbocycles. The molecule has 4 nitrogen and oxygen atoms in total. The lowest BCUT2D eigenvalue weighted by Crippen LogP contribution is -2.14. The molecule has 0 spiro atoms. The highest BCUT2D eigenvalue weighted by molar-refractivity contribution is 5.88. The molecule has 0 aliphatic carbocycles. The maximum atomic E-state index is 11.5. The van der Waals surface area contributed by atoms with Gasteiger partial charge in [0.2, 0.25) is 5.91 Å². The van der Waals surface area contributed by atoms with Gasteiger partial charge in [-0.25, -0.2) is 0 Å². The standard InChI is InChI=1S/C17H17NO3/c1-12(19)18-15-9-7-14(8-10-15)16(17(20)21)11-13-5-3-2-4-6-13/h2-10,16H,11H2,1H3,(H,18,19)(H,20,21). The van der Waals surface area contributed by atoms with Crippen LogP contribution in [0.25, 0.3) is 0 Å². The molecule has 0 aromatic heterocycles. The van der Waals surface area contributed by atoms with Crippen molar-refractivity contribution >= 4 is 17.6 Å². The number of hydrogen-bond acceptors (Lipinski definition) is 2. The molecule has 0 bridgehead atoms. The second kappa shape index (κ2) is 6.70. The van der Waals surface area contributed by atoms with E-state index in [1.165, 1.54) is 6.92 Å². The van der Waals surface area contributed by atoms with Crippen LogP contribution in [-0.2, 0) is 16.0 Å². The molecule has 0 aliphatic heterocycles. The number of carbonyl (C=O) groups excluding carboxylic acids is 1. The van der Waals surface area contributed by atoms with Gasteiger partial charge in [-0.2, -0.15) is 0 Å². The number of rotatable bonds is 5. The third-order valence-corrected chi connectivity index (χ3v) is 3.21. The van der Waals surface area contributed by atoms with E-state index in [-0.39, 0.29) is 5.91 Å². The summed E-state index contributed by atoms with van der Waals surface area (Å²) in [6.45, 7) is 1.43. The Morgan fingerprint density at radius 3 is 2.19 bits per heavy atom. The number of benzene rings is 2. The number of carboxylic acid groups (broad SMARTS) is 1. The molecule has 0 heterocycles. The fraction of sp³-hybridized carbons (Fsp3) is 0.176. The number of amides is 1. The molecular weight excluding hydrogens is 266 g/mol. The lowest BCUT2D eigenvalue weighted by Gasteiger charge is -2.13. The van der Waals surface area contributed by atoms with Gasteiger partial charge in [-0.3, -0.25) is 9.59 Å². The summed E-state index contributed by atoms with van der Waals surface area (Å²) in [5, 5.41) is 12.1. The minimum Gasteiger partial charge on any atom is -0.481 e. The van der Waals surface area contributed by atoms with Crippen molar-refractivity contribution in [2.24, 2.45) is 0 Å². The van der Waals surface area contributed by atoms with Crippen LogP contribution in [0.3, 0.4) is 0 Å². The Kier molecular flexibility index (Phi) is 4.72. The van der Waals surface area contributed by atoms with E-state index in [1.807, 2.05) is 30.3 Å². The van der Waals surface area contributed by atoms with E-state index in [4.69, 9.17) is 0 Å². The van der Waals surface area contributed by atoms with Gasteiger partial charge < -0.3 is 10.4 Å². The maximum Gasteiger partial charge on any atom is 0.311 e. The summed E-state index contributed by atoms with van der Waals surface area (Å²) in [4.78, 5) is 22.5. The first-order valence-electron chi connectivity index (χ1n) is 6.70. The van der Waals surface area contributed by atoms with E-state index in [2.05, 4.69) is 5.32 Å². The normalized spacial score (nSPS) is 11.7. The van der Waals surface area contributed by atoms with Crippen LogP contribution in [0.2, 0.25) is 0 Å². The van der Waals surface area contributed by atoms with Gasteiger partial charge in [-0.05, 0) is 29.7 Å². The van der Waals surface area contributed by atoms with Crippen LogP contribution in [0.15, 0.2) is 54.6 Å². The van der Waals surface area contributed by atoms with Crippen molar-refractivity contribution in [3.05, 3.63) is 65.7 Å². The first-order valence-corrected chi connectivity index (χ1v) is 6.70. The third-order valence-electron chi connectivity index (χ3n) is 3.21. The van der Waals surface area contributed by atoms with Crippen molar-refractivity contribution in [1.82, 2.24) is 0 Å². The second-order valence-corrected chi connectivity index (χ2v) is 4.88. The largest absolute Gasteiger partial charge is 0.481 e. The Labute approximate surface area is 123 Å². The van der Waals surface area contributed by atoms with Crippen LogP contribution < -0.4 is 5.32 Å². The highest BCUT2D eigenvalue weighted by Gasteiger charge is 2.20. The summed E-state index contributed by atoms with van der Waals surface area (Å²) in [7, 11) is 0. The minimum absolute atomic E-state index is 0.151. The van der Waals surface area contributed by atoms with Crippen LogP contribution in [0.5, 0.6) is 0 Å². The van der Waals surface area contributed by atoms with Gasteiger partial charge in [-0.15, -0.1) is 0 Å². The van der Waals surface area contributed by atoms with Crippen molar-refractivity contribution < 1.29 is 14.7 Å². The fourth-order valence-electron chi connectivity index (χ4n) is 2.20. The molecule has 108 valence electrons. The summed E-state index contributed by atoms with van der Waals surface area (Å²) >= 11 is 0. The van der Waals surface area contributed by atoms with Crippen LogP contribution in [-0.4, -0.2) is 17.0 Å². The lowest BCUT2D eigenvalue weighted by atomic mass is 9.92. The molecule has 2 rings (SSSR count). The van der Waals surface area contributed by atoms with E-state index in [1.54, 1.807) is 24.3 Å². The number of carboxylic acids is 1. The predicted octanol–water partition coefficient (Wildman–Crippen LogP) is 3.06. The molecule has 0 radical (unpaired) electrons.